The Morgan fingerprint density at radius 3 is 3.00 bits per heavy atom. The molecule has 0 saturated heterocycles. The summed E-state index contributed by atoms with van der Waals surface area (Å²) in [7, 11) is 0. The number of aryl methyl sites for hydroxylation is 1. The fourth-order valence-electron chi connectivity index (χ4n) is 1.61. The number of anilines is 2. The van der Waals surface area contributed by atoms with Crippen molar-refractivity contribution in [2.45, 2.75) is 19.9 Å². The maximum atomic E-state index is 8.71. The van der Waals surface area contributed by atoms with E-state index < -0.39 is 0 Å². The van der Waals surface area contributed by atoms with Gasteiger partial charge in [-0.1, -0.05) is 0 Å². The van der Waals surface area contributed by atoms with Crippen LogP contribution in [0.2, 0.25) is 0 Å². The number of nitrogen functional groups attached to an aromatic ring is 1. The van der Waals surface area contributed by atoms with Crippen LogP contribution in [0.5, 0.6) is 0 Å². The van der Waals surface area contributed by atoms with Crippen molar-refractivity contribution >= 4 is 22.7 Å². The van der Waals surface area contributed by atoms with Crippen molar-refractivity contribution in [3.05, 3.63) is 39.8 Å². The van der Waals surface area contributed by atoms with Crippen molar-refractivity contribution in [3.8, 4) is 6.07 Å². The van der Waals surface area contributed by atoms with E-state index in [1.165, 1.54) is 4.88 Å². The van der Waals surface area contributed by atoms with E-state index >= 15 is 0 Å². The van der Waals surface area contributed by atoms with Crippen LogP contribution in [0.3, 0.4) is 0 Å². The first-order valence-electron chi connectivity index (χ1n) is 5.59. The van der Waals surface area contributed by atoms with E-state index in [2.05, 4.69) is 16.4 Å². The lowest BCUT2D eigenvalue weighted by atomic mass is 10.1. The van der Waals surface area contributed by atoms with Gasteiger partial charge in [0.1, 0.15) is 5.01 Å². The number of nitrogens with one attached hydrogen (secondary N) is 1. The Morgan fingerprint density at radius 2 is 2.33 bits per heavy atom. The molecule has 0 radical (unpaired) electrons. The molecule has 0 bridgehead atoms. The quantitative estimate of drug-likeness (QED) is 0.827. The molecule has 3 N–H and O–H groups in total. The average molecular weight is 258 g/mol. The van der Waals surface area contributed by atoms with Crippen LogP contribution in [0.1, 0.15) is 15.4 Å². The van der Waals surface area contributed by atoms with Gasteiger partial charge in [-0.3, -0.25) is 0 Å². The Morgan fingerprint density at radius 1 is 1.50 bits per heavy atom. The van der Waals surface area contributed by atoms with Gasteiger partial charge in [-0.15, -0.1) is 11.3 Å². The van der Waals surface area contributed by atoms with Crippen LogP contribution in [0.4, 0.5) is 11.4 Å². The molecule has 18 heavy (non-hydrogen) atoms. The minimum Gasteiger partial charge on any atom is -0.398 e. The Balaban J connectivity index is 2.05. The van der Waals surface area contributed by atoms with E-state index in [0.717, 1.165) is 16.3 Å². The normalized spacial score (nSPS) is 10.0. The van der Waals surface area contributed by atoms with Crippen molar-refractivity contribution in [3.63, 3.8) is 0 Å². The molecule has 1 heterocycles. The van der Waals surface area contributed by atoms with Gasteiger partial charge in [0.05, 0.1) is 19.0 Å². The summed E-state index contributed by atoms with van der Waals surface area (Å²) in [4.78, 5) is 5.49. The number of rotatable bonds is 4. The molecule has 0 spiro atoms. The second kappa shape index (κ2) is 5.52. The number of hydrogen-bond acceptors (Lipinski definition) is 5. The predicted molar refractivity (Wildman–Crippen MR) is 74.3 cm³/mol. The second-order valence-corrected chi connectivity index (χ2v) is 5.29. The number of nitrogens with zero attached hydrogens (tertiary/aromatic N) is 2. The standard InChI is InChI=1S/C13H14N4S/c1-9-7-17-13(18-9)8-16-11-2-3-12(15)10(6-11)4-5-14/h2-3,6-7,16H,4,8,15H2,1H3. The van der Waals surface area contributed by atoms with Gasteiger partial charge in [-0.05, 0) is 30.7 Å². The smallest absolute Gasteiger partial charge is 0.112 e. The minimum absolute atomic E-state index is 0.331. The molecule has 0 saturated carbocycles. The molecule has 0 atom stereocenters. The predicted octanol–water partition coefficient (Wildman–Crippen LogP) is 2.71. The lowest BCUT2D eigenvalue weighted by Gasteiger charge is -2.07. The SMILES string of the molecule is Cc1cnc(CNc2ccc(N)c(CC#N)c2)s1. The minimum atomic E-state index is 0.331. The van der Waals surface area contributed by atoms with Crippen molar-refractivity contribution in [2.24, 2.45) is 0 Å². The van der Waals surface area contributed by atoms with Crippen LogP contribution in [-0.2, 0) is 13.0 Å². The average Bonchev–Trinajstić information content (AvgIpc) is 2.76. The third-order valence-electron chi connectivity index (χ3n) is 2.53. The van der Waals surface area contributed by atoms with Crippen LogP contribution >= 0.6 is 11.3 Å². The van der Waals surface area contributed by atoms with E-state index in [0.29, 0.717) is 18.7 Å². The van der Waals surface area contributed by atoms with Gasteiger partial charge in [-0.2, -0.15) is 5.26 Å². The fraction of sp³-hybridized carbons (Fsp3) is 0.231. The number of benzene rings is 1. The Labute approximate surface area is 110 Å². The number of thiazole rings is 1. The molecule has 1 aromatic carbocycles. The highest BCUT2D eigenvalue weighted by molar-refractivity contribution is 7.11. The maximum Gasteiger partial charge on any atom is 0.112 e. The zero-order valence-electron chi connectivity index (χ0n) is 10.1. The molecular formula is C13H14N4S. The Bertz CT molecular complexity index is 583. The first-order chi connectivity index (χ1) is 8.69. The molecule has 0 aliphatic heterocycles. The number of nitriles is 1. The van der Waals surface area contributed by atoms with Gasteiger partial charge in [0.25, 0.3) is 0 Å². The van der Waals surface area contributed by atoms with Crippen LogP contribution in [0.25, 0.3) is 0 Å². The summed E-state index contributed by atoms with van der Waals surface area (Å²) >= 11 is 1.67. The molecule has 2 aromatic rings. The number of nitrogens with two attached hydrogens (primary N) is 1. The largest absolute Gasteiger partial charge is 0.398 e. The van der Waals surface area contributed by atoms with Crippen molar-refractivity contribution in [1.82, 2.24) is 4.98 Å². The summed E-state index contributed by atoms with van der Waals surface area (Å²) in [6.45, 7) is 2.73. The molecule has 0 aliphatic rings. The van der Waals surface area contributed by atoms with E-state index in [4.69, 9.17) is 11.0 Å². The third kappa shape index (κ3) is 2.99. The van der Waals surface area contributed by atoms with Crippen LogP contribution in [0.15, 0.2) is 24.4 Å². The van der Waals surface area contributed by atoms with E-state index in [1.54, 1.807) is 11.3 Å². The summed E-state index contributed by atoms with van der Waals surface area (Å²) in [5, 5.41) is 13.0. The van der Waals surface area contributed by atoms with E-state index in [-0.39, 0.29) is 0 Å². The molecule has 0 fully saturated rings. The summed E-state index contributed by atoms with van der Waals surface area (Å²) in [6.07, 6.45) is 2.20. The van der Waals surface area contributed by atoms with Gasteiger partial charge in [0.15, 0.2) is 0 Å². The van der Waals surface area contributed by atoms with Gasteiger partial charge in [0, 0.05) is 22.4 Å². The monoisotopic (exact) mass is 258 g/mol. The van der Waals surface area contributed by atoms with Crippen LogP contribution in [0, 0.1) is 18.3 Å². The van der Waals surface area contributed by atoms with Crippen LogP contribution < -0.4 is 11.1 Å². The van der Waals surface area contributed by atoms with Gasteiger partial charge >= 0.3 is 0 Å². The summed E-state index contributed by atoms with van der Waals surface area (Å²) < 4.78 is 0. The summed E-state index contributed by atoms with van der Waals surface area (Å²) in [5.41, 5.74) is 8.28. The Kier molecular flexibility index (Phi) is 3.80. The topological polar surface area (TPSA) is 74.7 Å². The van der Waals surface area contributed by atoms with E-state index in [9.17, 15) is 0 Å². The second-order valence-electron chi connectivity index (χ2n) is 3.97. The first kappa shape index (κ1) is 12.4. The molecule has 4 nitrogen and oxygen atoms in total. The molecule has 1 aromatic heterocycles. The lowest BCUT2D eigenvalue weighted by molar-refractivity contribution is 1.10. The van der Waals surface area contributed by atoms with E-state index in [1.807, 2.05) is 31.3 Å². The van der Waals surface area contributed by atoms with Crippen molar-refractivity contribution in [2.75, 3.05) is 11.1 Å². The highest BCUT2D eigenvalue weighted by atomic mass is 32.1. The third-order valence-corrected chi connectivity index (χ3v) is 3.44. The highest BCUT2D eigenvalue weighted by Gasteiger charge is 2.02. The zero-order valence-corrected chi connectivity index (χ0v) is 10.9. The molecule has 5 heteroatoms. The lowest BCUT2D eigenvalue weighted by Crippen LogP contribution is -2.01. The highest BCUT2D eigenvalue weighted by Crippen LogP contribution is 2.19. The molecule has 2 rings (SSSR count). The molecule has 92 valence electrons. The first-order valence-corrected chi connectivity index (χ1v) is 6.41. The van der Waals surface area contributed by atoms with Crippen LogP contribution in [-0.4, -0.2) is 4.98 Å². The zero-order chi connectivity index (χ0) is 13.0. The van der Waals surface area contributed by atoms with Gasteiger partial charge in [-0.25, -0.2) is 4.98 Å². The summed E-state index contributed by atoms with van der Waals surface area (Å²) in [6, 6.07) is 7.76. The Hall–Kier alpha value is -2.06. The molecule has 0 aliphatic carbocycles. The van der Waals surface area contributed by atoms with Crippen molar-refractivity contribution in [1.29, 1.82) is 5.26 Å². The maximum absolute atomic E-state index is 8.71. The van der Waals surface area contributed by atoms with Gasteiger partial charge in [0.2, 0.25) is 0 Å². The molecule has 0 amide bonds. The number of aromatic nitrogens is 1. The number of hydrogen-bond donors (Lipinski definition) is 2. The van der Waals surface area contributed by atoms with Gasteiger partial charge < -0.3 is 11.1 Å². The van der Waals surface area contributed by atoms with Crippen molar-refractivity contribution < 1.29 is 0 Å². The summed E-state index contributed by atoms with van der Waals surface area (Å²) in [5.74, 6) is 0. The fourth-order valence-corrected chi connectivity index (χ4v) is 2.34. The molecule has 0 unspecified atom stereocenters. The molecular weight excluding hydrogens is 244 g/mol.